The Bertz CT molecular complexity index is 1270. The molecule has 1 atom stereocenters. The number of ketones is 1. The van der Waals surface area contributed by atoms with Gasteiger partial charge in [0.15, 0.2) is 10.9 Å². The van der Waals surface area contributed by atoms with Gasteiger partial charge in [-0.1, -0.05) is 54.9 Å². The molecule has 0 saturated carbocycles. The van der Waals surface area contributed by atoms with E-state index in [-0.39, 0.29) is 16.8 Å². The molecular formula is C26H22BrClN2O2S2. The van der Waals surface area contributed by atoms with Crippen molar-refractivity contribution in [2.24, 2.45) is 0 Å². The Kier molecular flexibility index (Phi) is 7.99. The lowest BCUT2D eigenvalue weighted by Gasteiger charge is -2.25. The van der Waals surface area contributed by atoms with Crippen LogP contribution in [0.5, 0.6) is 0 Å². The van der Waals surface area contributed by atoms with Crippen molar-refractivity contribution < 1.29 is 9.59 Å². The van der Waals surface area contributed by atoms with E-state index in [1.165, 1.54) is 4.90 Å². The van der Waals surface area contributed by atoms with E-state index in [9.17, 15) is 9.59 Å². The van der Waals surface area contributed by atoms with Crippen LogP contribution in [0.2, 0.25) is 5.02 Å². The van der Waals surface area contributed by atoms with E-state index in [2.05, 4.69) is 21.2 Å². The number of hydrogen-bond acceptors (Lipinski definition) is 4. The highest BCUT2D eigenvalue weighted by molar-refractivity contribution is 9.10. The summed E-state index contributed by atoms with van der Waals surface area (Å²) in [5.41, 5.74) is 2.36. The lowest BCUT2D eigenvalue weighted by molar-refractivity contribution is -0.131. The minimum atomic E-state index is -0.635. The molecule has 1 fully saturated rings. The van der Waals surface area contributed by atoms with Crippen molar-refractivity contribution in [3.05, 3.63) is 86.3 Å². The molecular weight excluding hydrogens is 552 g/mol. The summed E-state index contributed by atoms with van der Waals surface area (Å²) in [7, 11) is 0. The first-order valence-electron chi connectivity index (χ1n) is 10.9. The minimum absolute atomic E-state index is 0.00984. The lowest BCUT2D eigenvalue weighted by atomic mass is 9.98. The van der Waals surface area contributed by atoms with E-state index in [1.807, 2.05) is 67.6 Å². The van der Waals surface area contributed by atoms with Crippen molar-refractivity contribution in [2.75, 3.05) is 0 Å². The Morgan fingerprint density at radius 3 is 2.68 bits per heavy atom. The van der Waals surface area contributed by atoms with Crippen LogP contribution in [-0.4, -0.2) is 27.7 Å². The van der Waals surface area contributed by atoms with E-state index >= 15 is 0 Å². The highest BCUT2D eigenvalue weighted by atomic mass is 79.9. The summed E-state index contributed by atoms with van der Waals surface area (Å²) in [6.45, 7) is 1.96. The molecule has 1 saturated heterocycles. The van der Waals surface area contributed by atoms with Crippen LogP contribution in [0.1, 0.15) is 30.2 Å². The van der Waals surface area contributed by atoms with E-state index in [0.29, 0.717) is 30.0 Å². The first-order chi connectivity index (χ1) is 16.4. The summed E-state index contributed by atoms with van der Waals surface area (Å²) in [6, 6.07) is 18.8. The van der Waals surface area contributed by atoms with Gasteiger partial charge in [0.1, 0.15) is 11.7 Å². The molecule has 34 heavy (non-hydrogen) atoms. The maximum absolute atomic E-state index is 13.4. The predicted molar refractivity (Wildman–Crippen MR) is 147 cm³/mol. The lowest BCUT2D eigenvalue weighted by Crippen LogP contribution is -2.46. The van der Waals surface area contributed by atoms with Gasteiger partial charge in [-0.15, -0.1) is 11.3 Å². The summed E-state index contributed by atoms with van der Waals surface area (Å²) in [5, 5.41) is 3.93. The number of carbonyl (C=O) groups is 2. The number of amides is 1. The Labute approximate surface area is 221 Å². The van der Waals surface area contributed by atoms with Crippen LogP contribution in [0.25, 0.3) is 16.5 Å². The zero-order valence-corrected chi connectivity index (χ0v) is 22.4. The number of Topliss-reactive ketones (excluding diaryl/α,β-unsaturated/α-hetero) is 1. The third-order valence-corrected chi connectivity index (χ3v) is 8.09. The van der Waals surface area contributed by atoms with Crippen LogP contribution in [0.3, 0.4) is 0 Å². The molecule has 2 aromatic carbocycles. The molecule has 4 rings (SSSR count). The topological polar surface area (TPSA) is 49.4 Å². The van der Waals surface area contributed by atoms with Gasteiger partial charge in [-0.2, -0.15) is 0 Å². The number of carbonyl (C=O) groups excluding carboxylic acids is 2. The molecule has 2 heterocycles. The van der Waals surface area contributed by atoms with Gasteiger partial charge >= 0.3 is 0 Å². The van der Waals surface area contributed by atoms with Gasteiger partial charge < -0.3 is 5.32 Å². The van der Waals surface area contributed by atoms with Crippen LogP contribution >= 0.6 is 51.1 Å². The van der Waals surface area contributed by atoms with Crippen LogP contribution in [-0.2, 0) is 16.0 Å². The SMILES string of the molecule is CCCC(=O)C(Cc1ccccc1)N1C(=O)/C(=C\c2ccc(-c3ccc(Br)c(Cl)c3)s2)NC1=S. The zero-order chi connectivity index (χ0) is 24.2. The van der Waals surface area contributed by atoms with E-state index < -0.39 is 6.04 Å². The molecule has 0 spiro atoms. The predicted octanol–water partition coefficient (Wildman–Crippen LogP) is 6.87. The van der Waals surface area contributed by atoms with Crippen LogP contribution in [0.15, 0.2) is 70.8 Å². The maximum atomic E-state index is 13.4. The number of benzene rings is 2. The normalized spacial score (nSPS) is 15.6. The molecule has 4 nitrogen and oxygen atoms in total. The number of thiophene rings is 1. The fourth-order valence-electron chi connectivity index (χ4n) is 3.81. The molecule has 1 unspecified atom stereocenters. The summed E-state index contributed by atoms with van der Waals surface area (Å²) < 4.78 is 0.842. The van der Waals surface area contributed by atoms with E-state index in [0.717, 1.165) is 25.4 Å². The third kappa shape index (κ3) is 5.49. The summed E-state index contributed by atoms with van der Waals surface area (Å²) in [6.07, 6.45) is 3.32. The second-order valence-electron chi connectivity index (χ2n) is 7.92. The average molecular weight is 574 g/mol. The number of hydrogen-bond donors (Lipinski definition) is 1. The van der Waals surface area contributed by atoms with Gasteiger partial charge in [0.25, 0.3) is 5.91 Å². The third-order valence-electron chi connectivity index (χ3n) is 5.48. The Morgan fingerprint density at radius 2 is 1.97 bits per heavy atom. The molecule has 174 valence electrons. The number of nitrogens with zero attached hydrogens (tertiary/aromatic N) is 1. The Morgan fingerprint density at radius 1 is 1.21 bits per heavy atom. The van der Waals surface area contributed by atoms with Gasteiger partial charge in [-0.3, -0.25) is 14.5 Å². The molecule has 1 aliphatic rings. The first-order valence-corrected chi connectivity index (χ1v) is 13.2. The molecule has 1 aromatic heterocycles. The second-order valence-corrected chi connectivity index (χ2v) is 10.7. The zero-order valence-electron chi connectivity index (χ0n) is 18.4. The van der Waals surface area contributed by atoms with Gasteiger partial charge in [0.05, 0.1) is 5.02 Å². The summed E-state index contributed by atoms with van der Waals surface area (Å²) in [4.78, 5) is 29.7. The van der Waals surface area contributed by atoms with E-state index in [1.54, 1.807) is 17.4 Å². The molecule has 0 aliphatic carbocycles. The highest BCUT2D eigenvalue weighted by Crippen LogP contribution is 2.34. The molecule has 0 bridgehead atoms. The van der Waals surface area contributed by atoms with Crippen LogP contribution < -0.4 is 5.32 Å². The van der Waals surface area contributed by atoms with Crippen molar-refractivity contribution in [3.63, 3.8) is 0 Å². The van der Waals surface area contributed by atoms with Crippen LogP contribution in [0.4, 0.5) is 0 Å². The summed E-state index contributed by atoms with van der Waals surface area (Å²) in [5.74, 6) is -0.271. The van der Waals surface area contributed by atoms with E-state index in [4.69, 9.17) is 23.8 Å². The van der Waals surface area contributed by atoms with Gasteiger partial charge in [-0.25, -0.2) is 0 Å². The number of thiocarbonyl (C=S) groups is 1. The minimum Gasteiger partial charge on any atom is -0.328 e. The van der Waals surface area contributed by atoms with Crippen molar-refractivity contribution in [3.8, 4) is 10.4 Å². The molecule has 1 aliphatic heterocycles. The maximum Gasteiger partial charge on any atom is 0.277 e. The molecule has 1 N–H and O–H groups in total. The molecule has 8 heteroatoms. The summed E-state index contributed by atoms with van der Waals surface area (Å²) >= 11 is 16.7. The fraction of sp³-hybridized carbons (Fsp3) is 0.192. The fourth-order valence-corrected chi connectivity index (χ4v) is 5.50. The number of nitrogens with one attached hydrogen (secondary N) is 1. The Hall–Kier alpha value is -2.32. The molecule has 0 radical (unpaired) electrons. The second kappa shape index (κ2) is 11.0. The highest BCUT2D eigenvalue weighted by Gasteiger charge is 2.39. The number of rotatable bonds is 8. The van der Waals surface area contributed by atoms with Crippen molar-refractivity contribution in [1.29, 1.82) is 0 Å². The first kappa shape index (κ1) is 24.8. The van der Waals surface area contributed by atoms with Crippen molar-refractivity contribution in [2.45, 2.75) is 32.2 Å². The van der Waals surface area contributed by atoms with Crippen LogP contribution in [0, 0.1) is 0 Å². The number of halogens is 2. The molecule has 3 aromatic rings. The standard InChI is InChI=1S/C26H22BrClN2O2S2/c1-2-6-23(31)22(13-16-7-4-3-5-8-16)30-25(32)21(29-26(30)33)15-18-10-12-24(34-18)17-9-11-19(27)20(28)14-17/h3-5,7-12,14-15,22H,2,6,13H2,1H3,(H,29,33)/b21-15+. The largest absolute Gasteiger partial charge is 0.328 e. The Balaban J connectivity index is 1.59. The quantitative estimate of drug-likeness (QED) is 0.236. The average Bonchev–Trinajstić information content (AvgIpc) is 3.39. The monoisotopic (exact) mass is 572 g/mol. The van der Waals surface area contributed by atoms with Gasteiger partial charge in [0, 0.05) is 27.1 Å². The van der Waals surface area contributed by atoms with Gasteiger partial charge in [0.2, 0.25) is 0 Å². The smallest absolute Gasteiger partial charge is 0.277 e. The van der Waals surface area contributed by atoms with Crippen molar-refractivity contribution >= 4 is 74.0 Å². The van der Waals surface area contributed by atoms with Gasteiger partial charge in [-0.05, 0) is 76.0 Å². The van der Waals surface area contributed by atoms with Crippen molar-refractivity contribution in [1.82, 2.24) is 10.2 Å². The molecule has 1 amide bonds.